The Kier molecular flexibility index (Phi) is 5.70. The Bertz CT molecular complexity index is 1140. The number of methoxy groups -OCH3 is 1. The Morgan fingerprint density at radius 1 is 1.03 bits per heavy atom. The molecule has 0 unspecified atom stereocenters. The van der Waals surface area contributed by atoms with Crippen LogP contribution in [-0.2, 0) is 11.3 Å². The lowest BCUT2D eigenvalue weighted by atomic mass is 9.96. The Balaban J connectivity index is 1.53. The lowest BCUT2D eigenvalue weighted by Gasteiger charge is -2.15. The fourth-order valence-corrected chi connectivity index (χ4v) is 3.41. The fraction of sp³-hybridized carbons (Fsp3) is 0.217. The normalized spacial score (nSPS) is 11.9. The monoisotopic (exact) mass is 401 g/mol. The molecule has 4 aromatic rings. The summed E-state index contributed by atoms with van der Waals surface area (Å²) in [7, 11) is 1.64. The molecule has 7 nitrogen and oxygen atoms in total. The zero-order valence-corrected chi connectivity index (χ0v) is 16.9. The molecule has 2 aromatic carbocycles. The van der Waals surface area contributed by atoms with Gasteiger partial charge in [-0.05, 0) is 48.4 Å². The first-order chi connectivity index (χ1) is 14.7. The zero-order chi connectivity index (χ0) is 20.9. The molecule has 1 atom stereocenters. The maximum Gasteiger partial charge on any atom is 0.227 e. The van der Waals surface area contributed by atoms with Crippen molar-refractivity contribution in [2.45, 2.75) is 25.8 Å². The third kappa shape index (κ3) is 4.00. The van der Waals surface area contributed by atoms with E-state index in [-0.39, 0.29) is 18.4 Å². The second kappa shape index (κ2) is 8.73. The van der Waals surface area contributed by atoms with Crippen molar-refractivity contribution in [3.8, 4) is 17.0 Å². The summed E-state index contributed by atoms with van der Waals surface area (Å²) in [5.41, 5.74) is 3.37. The smallest absolute Gasteiger partial charge is 0.227 e. The number of fused-ring (bicyclic) bond motifs is 1. The standard InChI is InChI=1S/C23H23N5O2/c1-3-19(16-7-5-4-6-8-16)23(29)24-15-22-26-25-21-14-13-20(27-28(21)22)17-9-11-18(30-2)12-10-17/h4-14,19H,3,15H2,1-2H3,(H,24,29)/t19-/m1/s1. The highest BCUT2D eigenvalue weighted by atomic mass is 16.5. The number of aromatic nitrogens is 4. The molecule has 7 heteroatoms. The van der Waals surface area contributed by atoms with Crippen LogP contribution in [0.1, 0.15) is 30.7 Å². The van der Waals surface area contributed by atoms with Gasteiger partial charge in [-0.2, -0.15) is 9.61 Å². The van der Waals surface area contributed by atoms with Crippen molar-refractivity contribution >= 4 is 11.6 Å². The Hall–Kier alpha value is -3.74. The molecule has 0 fully saturated rings. The second-order valence-corrected chi connectivity index (χ2v) is 6.92. The van der Waals surface area contributed by atoms with Crippen LogP contribution in [0.3, 0.4) is 0 Å². The van der Waals surface area contributed by atoms with Gasteiger partial charge in [-0.15, -0.1) is 10.2 Å². The molecule has 0 spiro atoms. The quantitative estimate of drug-likeness (QED) is 0.512. The maximum absolute atomic E-state index is 12.8. The summed E-state index contributed by atoms with van der Waals surface area (Å²) in [6.45, 7) is 2.26. The Morgan fingerprint density at radius 2 is 1.80 bits per heavy atom. The first-order valence-electron chi connectivity index (χ1n) is 9.88. The van der Waals surface area contributed by atoms with Crippen molar-refractivity contribution in [3.63, 3.8) is 0 Å². The highest BCUT2D eigenvalue weighted by molar-refractivity contribution is 5.83. The van der Waals surface area contributed by atoms with Crippen LogP contribution < -0.4 is 10.1 Å². The van der Waals surface area contributed by atoms with Gasteiger partial charge in [0.05, 0.1) is 25.3 Å². The number of benzene rings is 2. The molecule has 4 rings (SSSR count). The topological polar surface area (TPSA) is 81.4 Å². The van der Waals surface area contributed by atoms with Crippen LogP contribution in [0, 0.1) is 0 Å². The van der Waals surface area contributed by atoms with Gasteiger partial charge in [0.15, 0.2) is 11.5 Å². The van der Waals surface area contributed by atoms with E-state index in [4.69, 9.17) is 4.74 Å². The minimum absolute atomic E-state index is 0.0354. The fourth-order valence-electron chi connectivity index (χ4n) is 3.41. The summed E-state index contributed by atoms with van der Waals surface area (Å²) in [4.78, 5) is 12.8. The van der Waals surface area contributed by atoms with Crippen molar-refractivity contribution < 1.29 is 9.53 Å². The molecule has 0 aliphatic rings. The predicted octanol–water partition coefficient (Wildman–Crippen LogP) is 3.61. The van der Waals surface area contributed by atoms with Gasteiger partial charge in [-0.25, -0.2) is 0 Å². The number of hydrogen-bond acceptors (Lipinski definition) is 5. The van der Waals surface area contributed by atoms with Crippen LogP contribution in [-0.4, -0.2) is 32.8 Å². The average molecular weight is 401 g/mol. The minimum Gasteiger partial charge on any atom is -0.497 e. The SMILES string of the molecule is CC[C@@H](C(=O)NCc1nnc2ccc(-c3ccc(OC)cc3)nn12)c1ccccc1. The molecule has 0 saturated heterocycles. The van der Waals surface area contributed by atoms with E-state index in [0.29, 0.717) is 11.5 Å². The van der Waals surface area contributed by atoms with Gasteiger partial charge in [0, 0.05) is 5.56 Å². The van der Waals surface area contributed by atoms with E-state index in [0.717, 1.165) is 29.0 Å². The van der Waals surface area contributed by atoms with Crippen molar-refractivity contribution in [1.82, 2.24) is 25.1 Å². The van der Waals surface area contributed by atoms with E-state index in [2.05, 4.69) is 20.6 Å². The third-order valence-electron chi connectivity index (χ3n) is 5.06. The molecule has 0 bridgehead atoms. The van der Waals surface area contributed by atoms with Crippen LogP contribution in [0.5, 0.6) is 5.75 Å². The van der Waals surface area contributed by atoms with Gasteiger partial charge in [0.2, 0.25) is 5.91 Å². The van der Waals surface area contributed by atoms with Gasteiger partial charge in [-0.1, -0.05) is 37.3 Å². The molecule has 2 aromatic heterocycles. The highest BCUT2D eigenvalue weighted by Gasteiger charge is 2.19. The molecular weight excluding hydrogens is 378 g/mol. The lowest BCUT2D eigenvalue weighted by Crippen LogP contribution is -2.29. The summed E-state index contributed by atoms with van der Waals surface area (Å²) >= 11 is 0. The molecule has 30 heavy (non-hydrogen) atoms. The molecule has 0 aliphatic heterocycles. The third-order valence-corrected chi connectivity index (χ3v) is 5.06. The number of ether oxygens (including phenoxy) is 1. The highest BCUT2D eigenvalue weighted by Crippen LogP contribution is 2.21. The lowest BCUT2D eigenvalue weighted by molar-refractivity contribution is -0.122. The Labute approximate surface area is 174 Å². The molecule has 0 aliphatic carbocycles. The summed E-state index contributed by atoms with van der Waals surface area (Å²) in [6.07, 6.45) is 0.719. The van der Waals surface area contributed by atoms with Crippen molar-refractivity contribution in [3.05, 3.63) is 78.1 Å². The molecule has 1 amide bonds. The van der Waals surface area contributed by atoms with Gasteiger partial charge >= 0.3 is 0 Å². The molecule has 0 radical (unpaired) electrons. The van der Waals surface area contributed by atoms with Crippen molar-refractivity contribution in [2.24, 2.45) is 0 Å². The summed E-state index contributed by atoms with van der Waals surface area (Å²) in [5, 5.41) is 16.0. The number of nitrogens with zero attached hydrogens (tertiary/aromatic N) is 4. The molecule has 2 heterocycles. The number of carbonyl (C=O) groups excluding carboxylic acids is 1. The first-order valence-corrected chi connectivity index (χ1v) is 9.88. The number of hydrogen-bond donors (Lipinski definition) is 1. The second-order valence-electron chi connectivity index (χ2n) is 6.92. The van der Waals surface area contributed by atoms with Crippen molar-refractivity contribution in [1.29, 1.82) is 0 Å². The number of amides is 1. The van der Waals surface area contributed by atoms with Crippen LogP contribution in [0.25, 0.3) is 16.9 Å². The molecule has 0 saturated carbocycles. The van der Waals surface area contributed by atoms with E-state index in [1.54, 1.807) is 11.6 Å². The van der Waals surface area contributed by atoms with Crippen molar-refractivity contribution in [2.75, 3.05) is 7.11 Å². The average Bonchev–Trinajstić information content (AvgIpc) is 3.21. The Morgan fingerprint density at radius 3 is 2.50 bits per heavy atom. The van der Waals surface area contributed by atoms with Gasteiger partial charge < -0.3 is 10.1 Å². The number of rotatable bonds is 7. The molecule has 152 valence electrons. The maximum atomic E-state index is 12.8. The van der Waals surface area contributed by atoms with Gasteiger partial charge in [-0.3, -0.25) is 4.79 Å². The first kappa shape index (κ1) is 19.6. The van der Waals surface area contributed by atoms with E-state index in [1.807, 2.05) is 73.7 Å². The van der Waals surface area contributed by atoms with E-state index < -0.39 is 0 Å². The van der Waals surface area contributed by atoms with Crippen LogP contribution in [0.15, 0.2) is 66.7 Å². The summed E-state index contributed by atoms with van der Waals surface area (Å²) < 4.78 is 6.88. The predicted molar refractivity (Wildman–Crippen MR) is 114 cm³/mol. The van der Waals surface area contributed by atoms with Gasteiger partial charge in [0.1, 0.15) is 5.75 Å². The zero-order valence-electron chi connectivity index (χ0n) is 16.9. The van der Waals surface area contributed by atoms with Crippen LogP contribution in [0.2, 0.25) is 0 Å². The molecular formula is C23H23N5O2. The van der Waals surface area contributed by atoms with E-state index >= 15 is 0 Å². The van der Waals surface area contributed by atoms with E-state index in [1.165, 1.54) is 0 Å². The largest absolute Gasteiger partial charge is 0.497 e. The number of carbonyl (C=O) groups is 1. The van der Waals surface area contributed by atoms with Gasteiger partial charge in [0.25, 0.3) is 0 Å². The van der Waals surface area contributed by atoms with Crippen LogP contribution in [0.4, 0.5) is 0 Å². The van der Waals surface area contributed by atoms with Crippen LogP contribution >= 0.6 is 0 Å². The minimum atomic E-state index is -0.201. The molecule has 1 N–H and O–H groups in total. The number of nitrogens with one attached hydrogen (secondary N) is 1. The summed E-state index contributed by atoms with van der Waals surface area (Å²) in [6, 6.07) is 21.2. The van der Waals surface area contributed by atoms with E-state index in [9.17, 15) is 4.79 Å². The summed E-state index contributed by atoms with van der Waals surface area (Å²) in [5.74, 6) is 1.13.